The summed E-state index contributed by atoms with van der Waals surface area (Å²) in [5, 5.41) is 0. The molecule has 3 fully saturated rings. The third-order valence-electron chi connectivity index (χ3n) is 5.50. The molecule has 1 aromatic rings. The molecule has 0 radical (unpaired) electrons. The Labute approximate surface area is 129 Å². The van der Waals surface area contributed by atoms with Gasteiger partial charge in [-0.15, -0.1) is 0 Å². The van der Waals surface area contributed by atoms with Gasteiger partial charge in [0.2, 0.25) is 0 Å². The van der Waals surface area contributed by atoms with Crippen molar-refractivity contribution in [3.05, 3.63) is 41.2 Å². The number of esters is 1. The van der Waals surface area contributed by atoms with Crippen molar-refractivity contribution >= 4 is 11.5 Å². The van der Waals surface area contributed by atoms with Crippen LogP contribution in [0.2, 0.25) is 0 Å². The molecule has 3 aliphatic heterocycles. The summed E-state index contributed by atoms with van der Waals surface area (Å²) in [5.74, 6) is -0.700. The average molecular weight is 301 g/mol. The minimum Gasteiger partial charge on any atom is -0.461 e. The summed E-state index contributed by atoms with van der Waals surface area (Å²) < 4.78 is 19.6. The van der Waals surface area contributed by atoms with Gasteiger partial charge in [0, 0.05) is 11.0 Å². The monoisotopic (exact) mass is 301 g/mol. The van der Waals surface area contributed by atoms with Crippen LogP contribution in [-0.2, 0) is 16.0 Å². The Hall–Kier alpha value is -1.68. The summed E-state index contributed by atoms with van der Waals surface area (Å²) in [5.41, 5.74) is 1.86. The zero-order valence-corrected chi connectivity index (χ0v) is 12.6. The normalized spacial score (nSPS) is 29.1. The topological polar surface area (TPSA) is 29.5 Å². The Kier molecular flexibility index (Phi) is 3.30. The van der Waals surface area contributed by atoms with Gasteiger partial charge >= 0.3 is 5.97 Å². The number of fused-ring (bicyclic) bond motifs is 4. The Morgan fingerprint density at radius 3 is 2.68 bits per heavy atom. The fourth-order valence-electron chi connectivity index (χ4n) is 3.95. The van der Waals surface area contributed by atoms with Gasteiger partial charge in [0.15, 0.2) is 0 Å². The molecular weight excluding hydrogens is 281 g/mol. The summed E-state index contributed by atoms with van der Waals surface area (Å²) in [4.78, 5) is 14.9. The smallest absolute Gasteiger partial charge is 0.338 e. The molecule has 0 amide bonds. The molecule has 0 unspecified atom stereocenters. The average Bonchev–Trinajstić information content (AvgIpc) is 3.00. The van der Waals surface area contributed by atoms with E-state index in [4.69, 9.17) is 4.74 Å². The van der Waals surface area contributed by atoms with Gasteiger partial charge in [-0.3, -0.25) is 0 Å². The molecule has 0 N–H and O–H groups in total. The fourth-order valence-corrected chi connectivity index (χ4v) is 3.95. The number of rotatable bonds is 3. The highest BCUT2D eigenvalue weighted by molar-refractivity contribution is 6.18. The van der Waals surface area contributed by atoms with Gasteiger partial charge in [-0.1, -0.05) is 18.2 Å². The standard InChI is InChI=1S/C18H20FNO2/c19-15-3-1-2-13-4-5-14(16(13)15)17(21)22-12-18-6-9-20(10-7-18)11-8-18/h1-3,5H,4,6-12H2. The van der Waals surface area contributed by atoms with Gasteiger partial charge in [-0.25, -0.2) is 9.18 Å². The lowest BCUT2D eigenvalue weighted by molar-refractivity contribution is -0.143. The van der Waals surface area contributed by atoms with E-state index in [-0.39, 0.29) is 17.2 Å². The maximum Gasteiger partial charge on any atom is 0.338 e. The number of carbonyl (C=O) groups excluding carboxylic acids is 1. The van der Waals surface area contributed by atoms with Crippen LogP contribution >= 0.6 is 0 Å². The van der Waals surface area contributed by atoms with Crippen LogP contribution in [0, 0.1) is 11.2 Å². The molecule has 0 aromatic heterocycles. The number of hydrogen-bond donors (Lipinski definition) is 0. The number of piperidine rings is 3. The molecule has 1 aliphatic carbocycles. The Morgan fingerprint density at radius 2 is 1.95 bits per heavy atom. The molecular formula is C18H20FNO2. The van der Waals surface area contributed by atoms with Gasteiger partial charge in [-0.05, 0) is 56.9 Å². The first kappa shape index (κ1) is 13.9. The van der Waals surface area contributed by atoms with Gasteiger partial charge in [-0.2, -0.15) is 0 Å². The van der Waals surface area contributed by atoms with Gasteiger partial charge in [0.05, 0.1) is 12.2 Å². The van der Waals surface area contributed by atoms with E-state index < -0.39 is 0 Å². The van der Waals surface area contributed by atoms with Gasteiger partial charge in [0.1, 0.15) is 5.82 Å². The second kappa shape index (κ2) is 5.20. The predicted molar refractivity (Wildman–Crippen MR) is 81.8 cm³/mol. The highest BCUT2D eigenvalue weighted by Gasteiger charge is 2.40. The van der Waals surface area contributed by atoms with Crippen LogP contribution < -0.4 is 0 Å². The molecule has 116 valence electrons. The molecule has 1 aromatic carbocycles. The van der Waals surface area contributed by atoms with Gasteiger partial charge < -0.3 is 9.64 Å². The SMILES string of the molecule is O=C(OCC12CCN(CC1)CC2)C1=CCc2cccc(F)c21. The highest BCUT2D eigenvalue weighted by Crippen LogP contribution is 2.40. The van der Waals surface area contributed by atoms with E-state index >= 15 is 0 Å². The third-order valence-corrected chi connectivity index (χ3v) is 5.50. The third kappa shape index (κ3) is 2.26. The maximum absolute atomic E-state index is 14.0. The van der Waals surface area contributed by atoms with Gasteiger partial charge in [0.25, 0.3) is 0 Å². The van der Waals surface area contributed by atoms with Crippen molar-refractivity contribution in [1.82, 2.24) is 4.90 Å². The Balaban J connectivity index is 1.46. The molecule has 5 rings (SSSR count). The van der Waals surface area contributed by atoms with Crippen LogP contribution in [0.3, 0.4) is 0 Å². The van der Waals surface area contributed by atoms with Crippen molar-refractivity contribution in [2.24, 2.45) is 5.41 Å². The van der Waals surface area contributed by atoms with E-state index in [9.17, 15) is 9.18 Å². The van der Waals surface area contributed by atoms with E-state index in [1.165, 1.54) is 6.07 Å². The van der Waals surface area contributed by atoms with Crippen molar-refractivity contribution in [3.8, 4) is 0 Å². The molecule has 3 saturated heterocycles. The zero-order valence-electron chi connectivity index (χ0n) is 12.6. The number of halogens is 1. The fraction of sp³-hybridized carbons (Fsp3) is 0.500. The number of ether oxygens (including phenoxy) is 1. The number of nitrogens with zero attached hydrogens (tertiary/aromatic N) is 1. The zero-order chi connectivity index (χ0) is 15.2. The van der Waals surface area contributed by atoms with E-state index in [1.807, 2.05) is 6.07 Å². The first-order valence-electron chi connectivity index (χ1n) is 8.04. The molecule has 4 aliphatic rings. The van der Waals surface area contributed by atoms with Crippen LogP contribution in [0.1, 0.15) is 30.4 Å². The lowest BCUT2D eigenvalue weighted by Crippen LogP contribution is -2.50. The minimum atomic E-state index is -0.369. The molecule has 0 spiro atoms. The quantitative estimate of drug-likeness (QED) is 0.804. The van der Waals surface area contributed by atoms with Crippen LogP contribution in [0.25, 0.3) is 5.57 Å². The minimum absolute atomic E-state index is 0.154. The second-order valence-corrected chi connectivity index (χ2v) is 6.76. The second-order valence-electron chi connectivity index (χ2n) is 6.76. The van der Waals surface area contributed by atoms with Crippen LogP contribution in [-0.4, -0.2) is 37.1 Å². The first-order valence-corrected chi connectivity index (χ1v) is 8.04. The largest absolute Gasteiger partial charge is 0.461 e. The number of allylic oxidation sites excluding steroid dienone is 1. The highest BCUT2D eigenvalue weighted by atomic mass is 19.1. The Bertz CT molecular complexity index is 631. The van der Waals surface area contributed by atoms with Crippen molar-refractivity contribution in [3.63, 3.8) is 0 Å². The van der Waals surface area contributed by atoms with E-state index in [0.29, 0.717) is 24.2 Å². The first-order chi connectivity index (χ1) is 10.7. The molecule has 22 heavy (non-hydrogen) atoms. The summed E-state index contributed by atoms with van der Waals surface area (Å²) in [6, 6.07) is 4.95. The van der Waals surface area contributed by atoms with Crippen molar-refractivity contribution in [1.29, 1.82) is 0 Å². The van der Waals surface area contributed by atoms with E-state index in [1.54, 1.807) is 12.1 Å². The summed E-state index contributed by atoms with van der Waals surface area (Å²) in [6.07, 6.45) is 5.70. The van der Waals surface area contributed by atoms with E-state index in [0.717, 1.165) is 44.5 Å². The molecule has 2 bridgehead atoms. The maximum atomic E-state index is 14.0. The van der Waals surface area contributed by atoms with Crippen LogP contribution in [0.5, 0.6) is 0 Å². The van der Waals surface area contributed by atoms with Crippen molar-refractivity contribution in [2.45, 2.75) is 25.7 Å². The molecule has 0 saturated carbocycles. The van der Waals surface area contributed by atoms with E-state index in [2.05, 4.69) is 4.90 Å². The molecule has 0 atom stereocenters. The lowest BCUT2D eigenvalue weighted by atomic mass is 9.73. The van der Waals surface area contributed by atoms with Crippen LogP contribution in [0.15, 0.2) is 24.3 Å². The summed E-state index contributed by atoms with van der Waals surface area (Å²) in [6.45, 7) is 3.80. The number of carbonyl (C=O) groups is 1. The number of benzene rings is 1. The van der Waals surface area contributed by atoms with Crippen LogP contribution in [0.4, 0.5) is 4.39 Å². The molecule has 4 heteroatoms. The van der Waals surface area contributed by atoms with Crippen molar-refractivity contribution < 1.29 is 13.9 Å². The predicted octanol–water partition coefficient (Wildman–Crippen LogP) is 2.79. The molecule has 3 nitrogen and oxygen atoms in total. The summed E-state index contributed by atoms with van der Waals surface area (Å²) >= 11 is 0. The Morgan fingerprint density at radius 1 is 1.23 bits per heavy atom. The van der Waals surface area contributed by atoms with Crippen molar-refractivity contribution in [2.75, 3.05) is 26.2 Å². The number of hydrogen-bond acceptors (Lipinski definition) is 3. The molecule has 3 heterocycles. The summed E-state index contributed by atoms with van der Waals surface area (Å²) in [7, 11) is 0. The lowest BCUT2D eigenvalue weighted by Gasteiger charge is -2.47.